The molecule has 0 unspecified atom stereocenters. The molecule has 5 heteroatoms. The van der Waals surface area contributed by atoms with Gasteiger partial charge in [-0.15, -0.1) is 0 Å². The normalized spacial score (nSPS) is 10.9. The number of rotatable bonds is 3. The summed E-state index contributed by atoms with van der Waals surface area (Å²) in [6.45, 7) is 0. The van der Waals surface area contributed by atoms with Gasteiger partial charge in [-0.1, -0.05) is 24.3 Å². The highest BCUT2D eigenvalue weighted by Gasteiger charge is 2.02. The van der Waals surface area contributed by atoms with Crippen LogP contribution in [0.3, 0.4) is 0 Å². The summed E-state index contributed by atoms with van der Waals surface area (Å²) in [7, 11) is 0. The van der Waals surface area contributed by atoms with E-state index in [0.29, 0.717) is 5.56 Å². The summed E-state index contributed by atoms with van der Waals surface area (Å²) in [4.78, 5) is 20.0. The molecule has 5 nitrogen and oxygen atoms in total. The van der Waals surface area contributed by atoms with Gasteiger partial charge in [0.25, 0.3) is 5.91 Å². The summed E-state index contributed by atoms with van der Waals surface area (Å²) in [6.07, 6.45) is 6.45. The predicted molar refractivity (Wildman–Crippen MR) is 81.0 cm³/mol. The fourth-order valence-corrected chi connectivity index (χ4v) is 1.96. The number of nitrogens with one attached hydrogen (secondary N) is 1. The molecule has 0 bridgehead atoms. The summed E-state index contributed by atoms with van der Waals surface area (Å²) in [5, 5.41) is 5.01. The number of benzene rings is 1. The van der Waals surface area contributed by atoms with E-state index in [9.17, 15) is 4.79 Å². The molecule has 0 atom stereocenters. The Labute approximate surface area is 121 Å². The molecule has 3 aromatic rings. The number of hydrogen-bond acceptors (Lipinski definition) is 4. The fraction of sp³-hybridized carbons (Fsp3) is 0. The lowest BCUT2D eigenvalue weighted by molar-refractivity contribution is 0.0955. The maximum absolute atomic E-state index is 11.8. The Morgan fingerprint density at radius 2 is 1.86 bits per heavy atom. The standard InChI is InChI=1S/C16H12N4O/c21-16(13-6-9-17-10-7-13)20-19-11-14-4-1-3-12-5-2-8-18-15(12)14/h1-11H,(H,20,21)/b19-11+. The molecule has 0 saturated heterocycles. The third kappa shape index (κ3) is 2.92. The summed E-state index contributed by atoms with van der Waals surface area (Å²) in [5.41, 5.74) is 4.70. The number of amides is 1. The van der Waals surface area contributed by atoms with Gasteiger partial charge in [0.2, 0.25) is 0 Å². The van der Waals surface area contributed by atoms with Gasteiger partial charge >= 0.3 is 0 Å². The molecule has 0 aliphatic carbocycles. The van der Waals surface area contributed by atoms with E-state index in [0.717, 1.165) is 16.5 Å². The van der Waals surface area contributed by atoms with Crippen molar-refractivity contribution in [3.8, 4) is 0 Å². The lowest BCUT2D eigenvalue weighted by atomic mass is 10.1. The molecule has 1 aromatic carbocycles. The minimum atomic E-state index is -0.276. The molecule has 0 aliphatic heterocycles. The highest BCUT2D eigenvalue weighted by Crippen LogP contribution is 2.13. The van der Waals surface area contributed by atoms with E-state index in [1.54, 1.807) is 36.9 Å². The van der Waals surface area contributed by atoms with Crippen molar-refractivity contribution in [3.05, 3.63) is 72.2 Å². The van der Waals surface area contributed by atoms with Crippen molar-refractivity contribution < 1.29 is 4.79 Å². The van der Waals surface area contributed by atoms with Crippen LogP contribution in [0.25, 0.3) is 10.9 Å². The predicted octanol–water partition coefficient (Wildman–Crippen LogP) is 2.39. The Morgan fingerprint density at radius 1 is 1.05 bits per heavy atom. The van der Waals surface area contributed by atoms with Gasteiger partial charge in [-0.3, -0.25) is 14.8 Å². The number of hydrazone groups is 1. The molecular formula is C16H12N4O. The van der Waals surface area contributed by atoms with Crippen LogP contribution in [0, 0.1) is 0 Å². The lowest BCUT2D eigenvalue weighted by Crippen LogP contribution is -2.17. The van der Waals surface area contributed by atoms with Crippen LogP contribution in [0.15, 0.2) is 66.2 Å². The molecule has 102 valence electrons. The number of carbonyl (C=O) groups excluding carboxylic acids is 1. The molecule has 0 spiro atoms. The van der Waals surface area contributed by atoms with Crippen LogP contribution >= 0.6 is 0 Å². The maximum Gasteiger partial charge on any atom is 0.271 e. The number of hydrogen-bond donors (Lipinski definition) is 1. The zero-order valence-corrected chi connectivity index (χ0v) is 11.1. The molecule has 2 aromatic heterocycles. The molecule has 1 N–H and O–H groups in total. The number of nitrogens with zero attached hydrogens (tertiary/aromatic N) is 3. The van der Waals surface area contributed by atoms with Gasteiger partial charge in [0.05, 0.1) is 11.7 Å². The molecule has 1 amide bonds. The van der Waals surface area contributed by atoms with E-state index in [1.807, 2.05) is 30.3 Å². The Kier molecular flexibility index (Phi) is 3.64. The van der Waals surface area contributed by atoms with Crippen LogP contribution in [0.5, 0.6) is 0 Å². The third-order valence-electron chi connectivity index (χ3n) is 2.98. The second-order valence-corrected chi connectivity index (χ2v) is 4.36. The van der Waals surface area contributed by atoms with Crippen molar-refractivity contribution in [1.82, 2.24) is 15.4 Å². The molecule has 0 fully saturated rings. The monoisotopic (exact) mass is 276 g/mol. The van der Waals surface area contributed by atoms with E-state index in [2.05, 4.69) is 20.5 Å². The number of carbonyl (C=O) groups is 1. The molecular weight excluding hydrogens is 264 g/mol. The summed E-state index contributed by atoms with van der Waals surface area (Å²) in [6, 6.07) is 12.9. The van der Waals surface area contributed by atoms with Crippen molar-refractivity contribution in [2.75, 3.05) is 0 Å². The first kappa shape index (κ1) is 12.9. The highest BCUT2D eigenvalue weighted by atomic mass is 16.2. The minimum Gasteiger partial charge on any atom is -0.267 e. The Bertz CT molecular complexity index is 794. The van der Waals surface area contributed by atoms with Crippen molar-refractivity contribution >= 4 is 23.0 Å². The molecule has 2 heterocycles. The summed E-state index contributed by atoms with van der Waals surface area (Å²) >= 11 is 0. The Hall–Kier alpha value is -3.08. The second kappa shape index (κ2) is 5.92. The quantitative estimate of drug-likeness (QED) is 0.590. The van der Waals surface area contributed by atoms with Crippen LogP contribution in [0.1, 0.15) is 15.9 Å². The topological polar surface area (TPSA) is 67.2 Å². The number of fused-ring (bicyclic) bond motifs is 1. The SMILES string of the molecule is O=C(N/N=C/c1cccc2cccnc12)c1ccncc1. The second-order valence-electron chi connectivity index (χ2n) is 4.36. The van der Waals surface area contributed by atoms with Gasteiger partial charge in [-0.2, -0.15) is 5.10 Å². The van der Waals surface area contributed by atoms with Crippen LogP contribution in [-0.4, -0.2) is 22.1 Å². The zero-order valence-electron chi connectivity index (χ0n) is 11.1. The van der Waals surface area contributed by atoms with E-state index < -0.39 is 0 Å². The van der Waals surface area contributed by atoms with Gasteiger partial charge in [0, 0.05) is 35.1 Å². The largest absolute Gasteiger partial charge is 0.271 e. The Morgan fingerprint density at radius 3 is 2.71 bits per heavy atom. The van der Waals surface area contributed by atoms with Crippen molar-refractivity contribution in [2.24, 2.45) is 5.10 Å². The van der Waals surface area contributed by atoms with Gasteiger partial charge in [0.15, 0.2) is 0 Å². The Balaban J connectivity index is 1.78. The van der Waals surface area contributed by atoms with Crippen LogP contribution in [0.2, 0.25) is 0 Å². The molecule has 0 aliphatic rings. The highest BCUT2D eigenvalue weighted by molar-refractivity contribution is 5.98. The minimum absolute atomic E-state index is 0.276. The first-order valence-electron chi connectivity index (χ1n) is 6.42. The lowest BCUT2D eigenvalue weighted by Gasteiger charge is -2.01. The van der Waals surface area contributed by atoms with E-state index in [-0.39, 0.29) is 5.91 Å². The fourth-order valence-electron chi connectivity index (χ4n) is 1.96. The molecule has 0 saturated carbocycles. The van der Waals surface area contributed by atoms with Gasteiger partial charge in [0.1, 0.15) is 0 Å². The summed E-state index contributed by atoms with van der Waals surface area (Å²) < 4.78 is 0. The van der Waals surface area contributed by atoms with Gasteiger partial charge in [-0.05, 0) is 18.2 Å². The van der Waals surface area contributed by atoms with Gasteiger partial charge < -0.3 is 0 Å². The summed E-state index contributed by atoms with van der Waals surface area (Å²) in [5.74, 6) is -0.276. The molecule has 3 rings (SSSR count). The van der Waals surface area contributed by atoms with Crippen molar-refractivity contribution in [2.45, 2.75) is 0 Å². The van der Waals surface area contributed by atoms with Crippen LogP contribution < -0.4 is 5.43 Å². The van der Waals surface area contributed by atoms with Crippen molar-refractivity contribution in [3.63, 3.8) is 0 Å². The first-order chi connectivity index (χ1) is 10.3. The molecule has 21 heavy (non-hydrogen) atoms. The van der Waals surface area contributed by atoms with Crippen LogP contribution in [0.4, 0.5) is 0 Å². The maximum atomic E-state index is 11.8. The van der Waals surface area contributed by atoms with Gasteiger partial charge in [-0.25, -0.2) is 5.43 Å². The average Bonchev–Trinajstić information content (AvgIpc) is 2.56. The smallest absolute Gasteiger partial charge is 0.267 e. The average molecular weight is 276 g/mol. The van der Waals surface area contributed by atoms with E-state index in [4.69, 9.17) is 0 Å². The number of pyridine rings is 2. The zero-order chi connectivity index (χ0) is 14.5. The van der Waals surface area contributed by atoms with E-state index >= 15 is 0 Å². The number of aromatic nitrogens is 2. The van der Waals surface area contributed by atoms with Crippen molar-refractivity contribution in [1.29, 1.82) is 0 Å². The first-order valence-corrected chi connectivity index (χ1v) is 6.42. The van der Waals surface area contributed by atoms with Crippen LogP contribution in [-0.2, 0) is 0 Å². The number of para-hydroxylation sites is 1. The van der Waals surface area contributed by atoms with E-state index in [1.165, 1.54) is 0 Å². The molecule has 0 radical (unpaired) electrons. The third-order valence-corrected chi connectivity index (χ3v) is 2.98.